The van der Waals surface area contributed by atoms with Crippen LogP contribution in [0.5, 0.6) is 0 Å². The molecule has 0 fully saturated rings. The van der Waals surface area contributed by atoms with E-state index in [1.165, 1.54) is 0 Å². The highest BCUT2D eigenvalue weighted by molar-refractivity contribution is 5.83. The molecule has 25 heavy (non-hydrogen) atoms. The largest absolute Gasteiger partial charge is 0.465 e. The molecule has 0 aromatic heterocycles. The van der Waals surface area contributed by atoms with Crippen LogP contribution in [0.2, 0.25) is 0 Å². The minimum atomic E-state index is -0.387. The van der Waals surface area contributed by atoms with Crippen LogP contribution in [0.25, 0.3) is 0 Å². The SMILES string of the molecule is CC(C)(C)CC(CC(C)(C)N)C(=O)OCCCCCC(=O)C(C)(C)C. The zero-order valence-corrected chi connectivity index (χ0v) is 17.8. The molecule has 0 bridgehead atoms. The summed E-state index contributed by atoms with van der Waals surface area (Å²) in [6.45, 7) is 16.6. The van der Waals surface area contributed by atoms with Gasteiger partial charge in [-0.2, -0.15) is 0 Å². The quantitative estimate of drug-likeness (QED) is 0.447. The van der Waals surface area contributed by atoms with Gasteiger partial charge in [0.05, 0.1) is 12.5 Å². The molecule has 0 rings (SSSR count). The number of unbranched alkanes of at least 4 members (excludes halogenated alkanes) is 2. The summed E-state index contributed by atoms with van der Waals surface area (Å²) in [5.41, 5.74) is 5.52. The third-order valence-electron chi connectivity index (χ3n) is 4.09. The van der Waals surface area contributed by atoms with Crippen LogP contribution < -0.4 is 5.73 Å². The molecular formula is C21H41NO3. The van der Waals surface area contributed by atoms with Crippen molar-refractivity contribution in [2.24, 2.45) is 22.5 Å². The predicted octanol–water partition coefficient (Wildman–Crippen LogP) is 4.89. The first-order valence-corrected chi connectivity index (χ1v) is 9.61. The summed E-state index contributed by atoms with van der Waals surface area (Å²) in [7, 11) is 0. The summed E-state index contributed by atoms with van der Waals surface area (Å²) >= 11 is 0. The lowest BCUT2D eigenvalue weighted by Crippen LogP contribution is -2.38. The van der Waals surface area contributed by atoms with Gasteiger partial charge in [-0.3, -0.25) is 9.59 Å². The molecule has 0 aromatic rings. The number of nitrogens with two attached hydrogens (primary N) is 1. The molecule has 0 aliphatic heterocycles. The van der Waals surface area contributed by atoms with Gasteiger partial charge < -0.3 is 10.5 Å². The lowest BCUT2D eigenvalue weighted by molar-refractivity contribution is -0.150. The standard InChI is InChI=1S/C21H41NO3/c1-19(2,3)14-16(15-21(7,8)22)18(24)25-13-11-9-10-12-17(23)20(4,5)6/h16H,9-15,22H2,1-8H3. The molecule has 1 atom stereocenters. The molecule has 1 unspecified atom stereocenters. The second kappa shape index (κ2) is 9.70. The summed E-state index contributed by atoms with van der Waals surface area (Å²) in [4.78, 5) is 24.3. The summed E-state index contributed by atoms with van der Waals surface area (Å²) in [5, 5.41) is 0. The fourth-order valence-electron chi connectivity index (χ4n) is 2.84. The maximum absolute atomic E-state index is 12.4. The Morgan fingerprint density at radius 1 is 0.880 bits per heavy atom. The Bertz CT molecular complexity index is 406. The monoisotopic (exact) mass is 355 g/mol. The summed E-state index contributed by atoms with van der Waals surface area (Å²) < 4.78 is 5.49. The zero-order valence-electron chi connectivity index (χ0n) is 17.8. The molecule has 0 saturated heterocycles. The highest BCUT2D eigenvalue weighted by atomic mass is 16.5. The van der Waals surface area contributed by atoms with Crippen LogP contribution in [0.1, 0.15) is 93.9 Å². The predicted molar refractivity (Wildman–Crippen MR) is 104 cm³/mol. The number of carbonyl (C=O) groups is 2. The first-order chi connectivity index (χ1) is 11.1. The van der Waals surface area contributed by atoms with Gasteiger partial charge in [0.1, 0.15) is 5.78 Å². The average Bonchev–Trinajstić information content (AvgIpc) is 2.37. The zero-order chi connectivity index (χ0) is 19.9. The van der Waals surface area contributed by atoms with E-state index in [1.54, 1.807) is 0 Å². The van der Waals surface area contributed by atoms with Gasteiger partial charge in [0.25, 0.3) is 0 Å². The molecule has 0 heterocycles. The van der Waals surface area contributed by atoms with E-state index in [0.717, 1.165) is 25.7 Å². The number of hydrogen-bond acceptors (Lipinski definition) is 4. The van der Waals surface area contributed by atoms with Crippen molar-refractivity contribution < 1.29 is 14.3 Å². The van der Waals surface area contributed by atoms with Crippen LogP contribution in [0.3, 0.4) is 0 Å². The van der Waals surface area contributed by atoms with E-state index in [0.29, 0.717) is 25.2 Å². The Kier molecular flexibility index (Phi) is 9.35. The highest BCUT2D eigenvalue weighted by Gasteiger charge is 2.30. The molecule has 2 N–H and O–H groups in total. The molecule has 0 radical (unpaired) electrons. The fraction of sp³-hybridized carbons (Fsp3) is 0.905. The van der Waals surface area contributed by atoms with E-state index in [4.69, 9.17) is 10.5 Å². The lowest BCUT2D eigenvalue weighted by Gasteiger charge is -2.29. The Hall–Kier alpha value is -0.900. The van der Waals surface area contributed by atoms with E-state index in [-0.39, 0.29) is 28.3 Å². The van der Waals surface area contributed by atoms with Crippen molar-refractivity contribution in [3.05, 3.63) is 0 Å². The fourth-order valence-corrected chi connectivity index (χ4v) is 2.84. The molecule has 0 saturated carbocycles. The average molecular weight is 356 g/mol. The van der Waals surface area contributed by atoms with Crippen LogP contribution in [0, 0.1) is 16.7 Å². The minimum Gasteiger partial charge on any atom is -0.465 e. The van der Waals surface area contributed by atoms with E-state index in [2.05, 4.69) is 20.8 Å². The number of hydrogen-bond donors (Lipinski definition) is 1. The Labute approximate surface area is 155 Å². The minimum absolute atomic E-state index is 0.0578. The van der Waals surface area contributed by atoms with Crippen LogP contribution in [-0.2, 0) is 14.3 Å². The Morgan fingerprint density at radius 3 is 1.88 bits per heavy atom. The van der Waals surface area contributed by atoms with Crippen LogP contribution >= 0.6 is 0 Å². The Balaban J connectivity index is 4.24. The maximum atomic E-state index is 12.4. The van der Waals surface area contributed by atoms with Gasteiger partial charge in [-0.1, -0.05) is 41.5 Å². The smallest absolute Gasteiger partial charge is 0.309 e. The number of ketones is 1. The summed E-state index contributed by atoms with van der Waals surface area (Å²) in [6, 6.07) is 0. The van der Waals surface area contributed by atoms with E-state index in [9.17, 15) is 9.59 Å². The third-order valence-corrected chi connectivity index (χ3v) is 4.09. The molecule has 0 aliphatic rings. The van der Waals surface area contributed by atoms with Gasteiger partial charge in [0, 0.05) is 17.4 Å². The number of esters is 1. The van der Waals surface area contributed by atoms with Crippen molar-refractivity contribution >= 4 is 11.8 Å². The van der Waals surface area contributed by atoms with Gasteiger partial charge in [-0.15, -0.1) is 0 Å². The van der Waals surface area contributed by atoms with E-state index in [1.807, 2.05) is 34.6 Å². The van der Waals surface area contributed by atoms with Gasteiger partial charge in [0.15, 0.2) is 0 Å². The van der Waals surface area contributed by atoms with Gasteiger partial charge in [0.2, 0.25) is 0 Å². The second-order valence-electron chi connectivity index (χ2n) is 10.3. The Morgan fingerprint density at radius 2 is 1.44 bits per heavy atom. The molecule has 0 aliphatic carbocycles. The van der Waals surface area contributed by atoms with Crippen molar-refractivity contribution in [3.63, 3.8) is 0 Å². The van der Waals surface area contributed by atoms with Crippen LogP contribution in [0.15, 0.2) is 0 Å². The van der Waals surface area contributed by atoms with Crippen molar-refractivity contribution in [2.45, 2.75) is 99.5 Å². The molecule has 0 aromatic carbocycles. The number of carbonyl (C=O) groups excluding carboxylic acids is 2. The first kappa shape index (κ1) is 24.1. The van der Waals surface area contributed by atoms with Gasteiger partial charge in [-0.25, -0.2) is 0 Å². The van der Waals surface area contributed by atoms with Crippen molar-refractivity contribution in [1.29, 1.82) is 0 Å². The van der Waals surface area contributed by atoms with Crippen molar-refractivity contribution in [2.75, 3.05) is 6.61 Å². The van der Waals surface area contributed by atoms with Crippen LogP contribution in [0.4, 0.5) is 0 Å². The first-order valence-electron chi connectivity index (χ1n) is 9.61. The molecule has 0 amide bonds. The number of Topliss-reactive ketones (excluding diaryl/α,β-unsaturated/α-hetero) is 1. The van der Waals surface area contributed by atoms with E-state index >= 15 is 0 Å². The van der Waals surface area contributed by atoms with Crippen LogP contribution in [-0.4, -0.2) is 23.9 Å². The van der Waals surface area contributed by atoms with E-state index < -0.39 is 0 Å². The van der Waals surface area contributed by atoms with Gasteiger partial charge >= 0.3 is 5.97 Å². The summed E-state index contributed by atoms with van der Waals surface area (Å²) in [5.74, 6) is -0.0124. The van der Waals surface area contributed by atoms with Crippen molar-refractivity contribution in [1.82, 2.24) is 0 Å². The summed E-state index contributed by atoms with van der Waals surface area (Å²) in [6.07, 6.45) is 4.56. The molecule has 148 valence electrons. The number of rotatable bonds is 10. The topological polar surface area (TPSA) is 69.4 Å². The molecule has 4 nitrogen and oxygen atoms in total. The van der Waals surface area contributed by atoms with Crippen molar-refractivity contribution in [3.8, 4) is 0 Å². The maximum Gasteiger partial charge on any atom is 0.309 e. The molecular weight excluding hydrogens is 314 g/mol. The molecule has 4 heteroatoms. The van der Waals surface area contributed by atoms with Gasteiger partial charge in [-0.05, 0) is 51.4 Å². The second-order valence-corrected chi connectivity index (χ2v) is 10.3. The third kappa shape index (κ3) is 13.0. The molecule has 0 spiro atoms. The number of ether oxygens (including phenoxy) is 1. The normalized spacial score (nSPS) is 14.3. The lowest BCUT2D eigenvalue weighted by atomic mass is 9.79. The highest BCUT2D eigenvalue weighted by Crippen LogP contribution is 2.30.